The molecule has 0 aliphatic heterocycles. The van der Waals surface area contributed by atoms with Gasteiger partial charge in [0.1, 0.15) is 6.04 Å². The number of carboxylic acids is 1. The molecule has 0 bridgehead atoms. The standard InChI is InChI=1S/C11H13NO5/c1-2-7(11(16)17)12-10(15)6-3-4-8(13)9(14)5-6/h3-5,7,13-14H,2H2,1H3,(H,12,15)(H,16,17)/t7-/m0/s1. The van der Waals surface area contributed by atoms with Crippen molar-refractivity contribution in [1.29, 1.82) is 0 Å². The average Bonchev–Trinajstić information content (AvgIpc) is 2.28. The van der Waals surface area contributed by atoms with E-state index in [1.807, 2.05) is 0 Å². The van der Waals surface area contributed by atoms with Gasteiger partial charge in [-0.05, 0) is 24.6 Å². The Balaban J connectivity index is 2.82. The summed E-state index contributed by atoms with van der Waals surface area (Å²) < 4.78 is 0. The van der Waals surface area contributed by atoms with Gasteiger partial charge in [-0.3, -0.25) is 4.79 Å². The lowest BCUT2D eigenvalue weighted by Crippen LogP contribution is -2.40. The minimum absolute atomic E-state index is 0.0833. The predicted molar refractivity (Wildman–Crippen MR) is 59.0 cm³/mol. The number of carbonyl (C=O) groups is 2. The normalized spacial score (nSPS) is 11.8. The predicted octanol–water partition coefficient (Wildman–Crippen LogP) is 0.691. The van der Waals surface area contributed by atoms with E-state index in [-0.39, 0.29) is 17.7 Å². The number of aliphatic carboxylic acids is 1. The van der Waals surface area contributed by atoms with Crippen molar-refractivity contribution in [2.75, 3.05) is 0 Å². The molecule has 0 spiro atoms. The zero-order valence-electron chi connectivity index (χ0n) is 9.17. The second-order valence-corrected chi connectivity index (χ2v) is 3.48. The molecule has 0 saturated heterocycles. The molecule has 17 heavy (non-hydrogen) atoms. The Morgan fingerprint density at radius 1 is 1.29 bits per heavy atom. The molecule has 0 fully saturated rings. The van der Waals surface area contributed by atoms with Gasteiger partial charge in [0.25, 0.3) is 5.91 Å². The van der Waals surface area contributed by atoms with Gasteiger partial charge in [0.05, 0.1) is 0 Å². The summed E-state index contributed by atoms with van der Waals surface area (Å²) >= 11 is 0. The molecule has 0 saturated carbocycles. The van der Waals surface area contributed by atoms with Crippen LogP contribution in [0.25, 0.3) is 0 Å². The Labute approximate surface area is 97.5 Å². The number of hydrogen-bond donors (Lipinski definition) is 4. The van der Waals surface area contributed by atoms with Crippen LogP contribution in [0.1, 0.15) is 23.7 Å². The molecule has 0 unspecified atom stereocenters. The third kappa shape index (κ3) is 3.10. The first-order valence-electron chi connectivity index (χ1n) is 5.01. The van der Waals surface area contributed by atoms with Crippen LogP contribution in [0, 0.1) is 0 Å². The van der Waals surface area contributed by atoms with Crippen molar-refractivity contribution in [3.8, 4) is 11.5 Å². The van der Waals surface area contributed by atoms with Crippen LogP contribution in [0.15, 0.2) is 18.2 Å². The van der Waals surface area contributed by atoms with E-state index in [0.29, 0.717) is 0 Å². The first kappa shape index (κ1) is 12.8. The number of carbonyl (C=O) groups excluding carboxylic acids is 1. The maximum absolute atomic E-state index is 11.6. The van der Waals surface area contributed by atoms with E-state index in [9.17, 15) is 14.7 Å². The lowest BCUT2D eigenvalue weighted by Gasteiger charge is -2.12. The van der Waals surface area contributed by atoms with Crippen molar-refractivity contribution in [2.24, 2.45) is 0 Å². The molecular formula is C11H13NO5. The molecule has 0 aliphatic rings. The first-order valence-corrected chi connectivity index (χ1v) is 5.01. The van der Waals surface area contributed by atoms with E-state index >= 15 is 0 Å². The quantitative estimate of drug-likeness (QED) is 0.578. The van der Waals surface area contributed by atoms with E-state index in [1.165, 1.54) is 6.07 Å². The second kappa shape index (κ2) is 5.20. The Bertz CT molecular complexity index is 443. The fraction of sp³-hybridized carbons (Fsp3) is 0.273. The molecule has 1 rings (SSSR count). The van der Waals surface area contributed by atoms with Crippen molar-refractivity contribution in [3.05, 3.63) is 23.8 Å². The van der Waals surface area contributed by atoms with Gasteiger partial charge < -0.3 is 20.6 Å². The minimum atomic E-state index is -1.12. The summed E-state index contributed by atoms with van der Waals surface area (Å²) in [6.07, 6.45) is 0.255. The van der Waals surface area contributed by atoms with Crippen LogP contribution in [-0.2, 0) is 4.79 Å². The molecule has 6 nitrogen and oxygen atoms in total. The lowest BCUT2D eigenvalue weighted by atomic mass is 10.1. The van der Waals surface area contributed by atoms with Crippen LogP contribution in [-0.4, -0.2) is 33.2 Å². The van der Waals surface area contributed by atoms with Crippen LogP contribution in [0.4, 0.5) is 0 Å². The van der Waals surface area contributed by atoms with Crippen LogP contribution < -0.4 is 5.32 Å². The van der Waals surface area contributed by atoms with Gasteiger partial charge in [-0.2, -0.15) is 0 Å². The van der Waals surface area contributed by atoms with Gasteiger partial charge in [0.2, 0.25) is 0 Å². The molecule has 0 aliphatic carbocycles. The van der Waals surface area contributed by atoms with Crippen molar-refractivity contribution < 1.29 is 24.9 Å². The summed E-state index contributed by atoms with van der Waals surface area (Å²) in [5.41, 5.74) is 0.0833. The van der Waals surface area contributed by atoms with Crippen LogP contribution in [0.5, 0.6) is 11.5 Å². The van der Waals surface area contributed by atoms with E-state index in [0.717, 1.165) is 12.1 Å². The molecule has 1 atom stereocenters. The number of nitrogens with one attached hydrogen (secondary N) is 1. The summed E-state index contributed by atoms with van der Waals surface area (Å²) in [5.74, 6) is -2.51. The lowest BCUT2D eigenvalue weighted by molar-refractivity contribution is -0.139. The third-order valence-corrected chi connectivity index (χ3v) is 2.25. The summed E-state index contributed by atoms with van der Waals surface area (Å²) in [4.78, 5) is 22.3. The fourth-order valence-corrected chi connectivity index (χ4v) is 1.24. The number of benzene rings is 1. The summed E-state index contributed by atoms with van der Waals surface area (Å²) in [5, 5.41) is 29.3. The number of aromatic hydroxyl groups is 2. The molecule has 92 valence electrons. The number of amides is 1. The Kier molecular flexibility index (Phi) is 3.92. The van der Waals surface area contributed by atoms with Crippen molar-refractivity contribution >= 4 is 11.9 Å². The van der Waals surface area contributed by atoms with Gasteiger partial charge in [0, 0.05) is 5.56 Å². The Morgan fingerprint density at radius 3 is 2.41 bits per heavy atom. The van der Waals surface area contributed by atoms with E-state index in [2.05, 4.69) is 5.32 Å². The molecule has 4 N–H and O–H groups in total. The Morgan fingerprint density at radius 2 is 1.94 bits per heavy atom. The van der Waals surface area contributed by atoms with E-state index in [4.69, 9.17) is 10.2 Å². The molecule has 1 aromatic carbocycles. The molecule has 0 aromatic heterocycles. The summed E-state index contributed by atoms with van der Waals surface area (Å²) in [6.45, 7) is 1.63. The molecule has 1 amide bonds. The number of carboxylic acid groups (broad SMARTS) is 1. The Hall–Kier alpha value is -2.24. The molecule has 6 heteroatoms. The van der Waals surface area contributed by atoms with Crippen molar-refractivity contribution in [1.82, 2.24) is 5.32 Å². The smallest absolute Gasteiger partial charge is 0.326 e. The zero-order chi connectivity index (χ0) is 13.0. The maximum atomic E-state index is 11.6. The molecule has 1 aromatic rings. The topological polar surface area (TPSA) is 107 Å². The molecule has 0 heterocycles. The highest BCUT2D eigenvalue weighted by molar-refractivity contribution is 5.97. The number of hydrogen-bond acceptors (Lipinski definition) is 4. The van der Waals surface area contributed by atoms with Gasteiger partial charge >= 0.3 is 5.97 Å². The van der Waals surface area contributed by atoms with Crippen LogP contribution >= 0.6 is 0 Å². The van der Waals surface area contributed by atoms with Crippen LogP contribution in [0.2, 0.25) is 0 Å². The van der Waals surface area contributed by atoms with Gasteiger partial charge in [-0.1, -0.05) is 6.92 Å². The van der Waals surface area contributed by atoms with E-state index < -0.39 is 23.7 Å². The molecular weight excluding hydrogens is 226 g/mol. The van der Waals surface area contributed by atoms with E-state index in [1.54, 1.807) is 6.92 Å². The van der Waals surface area contributed by atoms with Crippen molar-refractivity contribution in [3.63, 3.8) is 0 Å². The zero-order valence-corrected chi connectivity index (χ0v) is 9.17. The molecule has 0 radical (unpaired) electrons. The minimum Gasteiger partial charge on any atom is -0.504 e. The highest BCUT2D eigenvalue weighted by Gasteiger charge is 2.18. The summed E-state index contributed by atoms with van der Waals surface area (Å²) in [7, 11) is 0. The number of phenolic OH excluding ortho intramolecular Hbond substituents is 2. The number of rotatable bonds is 4. The van der Waals surface area contributed by atoms with Gasteiger partial charge in [-0.15, -0.1) is 0 Å². The first-order chi connectivity index (χ1) is 7.95. The highest BCUT2D eigenvalue weighted by atomic mass is 16.4. The van der Waals surface area contributed by atoms with Crippen LogP contribution in [0.3, 0.4) is 0 Å². The van der Waals surface area contributed by atoms with Gasteiger partial charge in [-0.25, -0.2) is 4.79 Å². The maximum Gasteiger partial charge on any atom is 0.326 e. The highest BCUT2D eigenvalue weighted by Crippen LogP contribution is 2.24. The third-order valence-electron chi connectivity index (χ3n) is 2.25. The average molecular weight is 239 g/mol. The fourth-order valence-electron chi connectivity index (χ4n) is 1.24. The SMILES string of the molecule is CC[C@H](NC(=O)c1ccc(O)c(O)c1)C(=O)O. The van der Waals surface area contributed by atoms with Gasteiger partial charge in [0.15, 0.2) is 11.5 Å². The summed E-state index contributed by atoms with van der Waals surface area (Å²) in [6, 6.07) is 2.54. The second-order valence-electron chi connectivity index (χ2n) is 3.48. The monoisotopic (exact) mass is 239 g/mol. The van der Waals surface area contributed by atoms with Crippen molar-refractivity contribution in [2.45, 2.75) is 19.4 Å². The largest absolute Gasteiger partial charge is 0.504 e. The number of phenols is 2.